The van der Waals surface area contributed by atoms with Gasteiger partial charge in [0.2, 0.25) is 0 Å². The Labute approximate surface area is 103 Å². The largest absolute Gasteiger partial charge is 0.392 e. The molecule has 1 aromatic heterocycles. The molecule has 1 saturated heterocycles. The van der Waals surface area contributed by atoms with Gasteiger partial charge in [0, 0.05) is 18.3 Å². The highest BCUT2D eigenvalue weighted by Gasteiger charge is 2.21. The summed E-state index contributed by atoms with van der Waals surface area (Å²) in [6.07, 6.45) is 5.54. The minimum Gasteiger partial charge on any atom is -0.392 e. The molecule has 0 amide bonds. The van der Waals surface area contributed by atoms with E-state index in [2.05, 4.69) is 23.3 Å². The van der Waals surface area contributed by atoms with Crippen molar-refractivity contribution in [3.05, 3.63) is 29.6 Å². The van der Waals surface area contributed by atoms with Crippen LogP contribution in [0.15, 0.2) is 18.3 Å². The topological polar surface area (TPSA) is 45.1 Å². The summed E-state index contributed by atoms with van der Waals surface area (Å²) in [6.45, 7) is 4.19. The molecule has 1 atom stereocenters. The number of nitrogens with one attached hydrogen (secondary N) is 1. The van der Waals surface area contributed by atoms with Gasteiger partial charge in [-0.25, -0.2) is 0 Å². The summed E-state index contributed by atoms with van der Waals surface area (Å²) in [4.78, 5) is 4.41. The van der Waals surface area contributed by atoms with Crippen LogP contribution in [0.5, 0.6) is 0 Å². The highest BCUT2D eigenvalue weighted by molar-refractivity contribution is 5.14. The van der Waals surface area contributed by atoms with Crippen molar-refractivity contribution in [2.45, 2.75) is 38.7 Å². The first kappa shape index (κ1) is 12.5. The Kier molecular flexibility index (Phi) is 4.51. The third-order valence-corrected chi connectivity index (χ3v) is 3.64. The number of piperidine rings is 1. The molecule has 1 aliphatic rings. The van der Waals surface area contributed by atoms with E-state index in [4.69, 9.17) is 0 Å². The first-order valence-electron chi connectivity index (χ1n) is 6.62. The van der Waals surface area contributed by atoms with Crippen LogP contribution in [0.2, 0.25) is 0 Å². The number of aliphatic hydroxyl groups is 1. The molecule has 3 heteroatoms. The van der Waals surface area contributed by atoms with Crippen molar-refractivity contribution in [2.75, 3.05) is 13.1 Å². The summed E-state index contributed by atoms with van der Waals surface area (Å²) in [5.41, 5.74) is 2.26. The third-order valence-electron chi connectivity index (χ3n) is 3.64. The molecular formula is C14H22N2O. The van der Waals surface area contributed by atoms with Crippen LogP contribution in [-0.2, 0) is 12.8 Å². The second-order valence-corrected chi connectivity index (χ2v) is 4.87. The smallest absolute Gasteiger partial charge is 0.0624 e. The SMILES string of the molecule is CCc1ccc(CC(O)C2CCNCC2)nc1. The summed E-state index contributed by atoms with van der Waals surface area (Å²) in [5, 5.41) is 13.5. The predicted molar refractivity (Wildman–Crippen MR) is 68.9 cm³/mol. The molecule has 0 bridgehead atoms. The molecule has 17 heavy (non-hydrogen) atoms. The van der Waals surface area contributed by atoms with Crippen molar-refractivity contribution in [3.63, 3.8) is 0 Å². The van der Waals surface area contributed by atoms with E-state index in [-0.39, 0.29) is 6.10 Å². The van der Waals surface area contributed by atoms with Gasteiger partial charge in [0.25, 0.3) is 0 Å². The van der Waals surface area contributed by atoms with Gasteiger partial charge < -0.3 is 10.4 Å². The highest BCUT2D eigenvalue weighted by Crippen LogP contribution is 2.19. The van der Waals surface area contributed by atoms with Crippen molar-refractivity contribution in [3.8, 4) is 0 Å². The number of aryl methyl sites for hydroxylation is 1. The molecule has 0 spiro atoms. The number of aromatic nitrogens is 1. The van der Waals surface area contributed by atoms with Crippen molar-refractivity contribution in [1.29, 1.82) is 0 Å². The van der Waals surface area contributed by atoms with E-state index in [0.717, 1.165) is 38.0 Å². The Morgan fingerprint density at radius 3 is 2.76 bits per heavy atom. The monoisotopic (exact) mass is 234 g/mol. The fraction of sp³-hybridized carbons (Fsp3) is 0.643. The minimum absolute atomic E-state index is 0.239. The van der Waals surface area contributed by atoms with Gasteiger partial charge in [-0.1, -0.05) is 13.0 Å². The quantitative estimate of drug-likeness (QED) is 0.831. The maximum absolute atomic E-state index is 10.2. The summed E-state index contributed by atoms with van der Waals surface area (Å²) < 4.78 is 0. The number of rotatable bonds is 4. The molecule has 0 saturated carbocycles. The minimum atomic E-state index is -0.239. The highest BCUT2D eigenvalue weighted by atomic mass is 16.3. The number of pyridine rings is 1. The lowest BCUT2D eigenvalue weighted by Gasteiger charge is -2.27. The third kappa shape index (κ3) is 3.51. The Bertz CT molecular complexity index is 331. The zero-order valence-electron chi connectivity index (χ0n) is 10.5. The average Bonchev–Trinajstić information content (AvgIpc) is 2.40. The zero-order valence-corrected chi connectivity index (χ0v) is 10.5. The summed E-state index contributed by atoms with van der Waals surface area (Å²) in [6, 6.07) is 4.15. The van der Waals surface area contributed by atoms with Gasteiger partial charge in [-0.05, 0) is 49.9 Å². The van der Waals surface area contributed by atoms with E-state index in [1.165, 1.54) is 5.56 Å². The molecular weight excluding hydrogens is 212 g/mol. The lowest BCUT2D eigenvalue weighted by Crippen LogP contribution is -2.35. The Morgan fingerprint density at radius 1 is 1.41 bits per heavy atom. The lowest BCUT2D eigenvalue weighted by molar-refractivity contribution is 0.0882. The van der Waals surface area contributed by atoms with Crippen LogP contribution in [0.3, 0.4) is 0 Å². The second kappa shape index (κ2) is 6.12. The van der Waals surface area contributed by atoms with Gasteiger partial charge in [0.15, 0.2) is 0 Å². The molecule has 1 aromatic rings. The zero-order chi connectivity index (χ0) is 12.1. The van der Waals surface area contributed by atoms with Crippen molar-refractivity contribution < 1.29 is 5.11 Å². The van der Waals surface area contributed by atoms with Gasteiger partial charge in [0.05, 0.1) is 6.10 Å². The Hall–Kier alpha value is -0.930. The van der Waals surface area contributed by atoms with E-state index < -0.39 is 0 Å². The van der Waals surface area contributed by atoms with Gasteiger partial charge in [-0.3, -0.25) is 4.98 Å². The summed E-state index contributed by atoms with van der Waals surface area (Å²) in [5.74, 6) is 0.434. The maximum atomic E-state index is 10.2. The van der Waals surface area contributed by atoms with Gasteiger partial charge in [-0.2, -0.15) is 0 Å². The fourth-order valence-corrected chi connectivity index (χ4v) is 2.39. The van der Waals surface area contributed by atoms with Crippen LogP contribution >= 0.6 is 0 Å². The van der Waals surface area contributed by atoms with E-state index in [9.17, 15) is 5.11 Å². The molecule has 1 fully saturated rings. The van der Waals surface area contributed by atoms with E-state index in [1.54, 1.807) is 0 Å². The Balaban J connectivity index is 1.89. The van der Waals surface area contributed by atoms with Crippen LogP contribution in [0.25, 0.3) is 0 Å². The number of nitrogens with zero attached hydrogens (tertiary/aromatic N) is 1. The van der Waals surface area contributed by atoms with E-state index in [0.29, 0.717) is 12.3 Å². The normalized spacial score (nSPS) is 19.2. The standard InChI is InChI=1S/C14H22N2O/c1-2-11-3-4-13(16-10-11)9-14(17)12-5-7-15-8-6-12/h3-4,10,12,14-15,17H,2,5-9H2,1H3. The van der Waals surface area contributed by atoms with Crippen LogP contribution < -0.4 is 5.32 Å². The first-order chi connectivity index (χ1) is 8.29. The molecule has 0 radical (unpaired) electrons. The summed E-state index contributed by atoms with van der Waals surface area (Å²) >= 11 is 0. The van der Waals surface area contributed by atoms with Crippen LogP contribution in [0.4, 0.5) is 0 Å². The van der Waals surface area contributed by atoms with Gasteiger partial charge in [-0.15, -0.1) is 0 Å². The number of aliphatic hydroxyl groups excluding tert-OH is 1. The van der Waals surface area contributed by atoms with Crippen LogP contribution in [0, 0.1) is 5.92 Å². The molecule has 1 unspecified atom stereocenters. The van der Waals surface area contributed by atoms with E-state index in [1.807, 2.05) is 12.3 Å². The number of hydrogen-bond acceptors (Lipinski definition) is 3. The molecule has 94 valence electrons. The second-order valence-electron chi connectivity index (χ2n) is 4.87. The molecule has 3 nitrogen and oxygen atoms in total. The molecule has 2 N–H and O–H groups in total. The van der Waals surface area contributed by atoms with Crippen LogP contribution in [0.1, 0.15) is 31.0 Å². The van der Waals surface area contributed by atoms with Gasteiger partial charge in [0.1, 0.15) is 0 Å². The number of hydrogen-bond donors (Lipinski definition) is 2. The predicted octanol–water partition coefficient (Wildman–Crippen LogP) is 1.55. The first-order valence-corrected chi connectivity index (χ1v) is 6.62. The lowest BCUT2D eigenvalue weighted by atomic mass is 9.89. The van der Waals surface area contributed by atoms with Crippen molar-refractivity contribution in [2.24, 2.45) is 5.92 Å². The fourth-order valence-electron chi connectivity index (χ4n) is 2.39. The Morgan fingerprint density at radius 2 is 2.18 bits per heavy atom. The molecule has 2 heterocycles. The molecule has 0 aliphatic carbocycles. The van der Waals surface area contributed by atoms with Crippen LogP contribution in [-0.4, -0.2) is 29.3 Å². The molecule has 1 aliphatic heterocycles. The van der Waals surface area contributed by atoms with Gasteiger partial charge >= 0.3 is 0 Å². The van der Waals surface area contributed by atoms with Crippen molar-refractivity contribution in [1.82, 2.24) is 10.3 Å². The summed E-state index contributed by atoms with van der Waals surface area (Å²) in [7, 11) is 0. The maximum Gasteiger partial charge on any atom is 0.0624 e. The average molecular weight is 234 g/mol. The molecule has 2 rings (SSSR count). The van der Waals surface area contributed by atoms with E-state index >= 15 is 0 Å². The molecule has 0 aromatic carbocycles. The van der Waals surface area contributed by atoms with Crippen molar-refractivity contribution >= 4 is 0 Å².